The zero-order valence-electron chi connectivity index (χ0n) is 14.7. The lowest BCUT2D eigenvalue weighted by Gasteiger charge is -2.07. The zero-order chi connectivity index (χ0) is 18.8. The lowest BCUT2D eigenvalue weighted by atomic mass is 10.1. The molecule has 0 aliphatic heterocycles. The molecule has 0 aliphatic carbocycles. The van der Waals surface area contributed by atoms with E-state index in [-0.39, 0.29) is 5.91 Å². The molecule has 0 unspecified atom stereocenters. The first kappa shape index (κ1) is 17.9. The third-order valence-electron chi connectivity index (χ3n) is 4.02. The van der Waals surface area contributed by atoms with Crippen LogP contribution >= 0.6 is 34.0 Å². The van der Waals surface area contributed by atoms with E-state index in [4.69, 9.17) is 9.72 Å². The van der Waals surface area contributed by atoms with Crippen LogP contribution in [-0.4, -0.2) is 18.0 Å². The summed E-state index contributed by atoms with van der Waals surface area (Å²) in [5, 5.41) is 7.60. The Kier molecular flexibility index (Phi) is 5.07. The second-order valence-electron chi connectivity index (χ2n) is 5.79. The number of amides is 1. The van der Waals surface area contributed by atoms with Gasteiger partial charge in [0.15, 0.2) is 5.13 Å². The number of hydrogen-bond acceptors (Lipinski definition) is 6. The second-order valence-corrected chi connectivity index (χ2v) is 8.68. The van der Waals surface area contributed by atoms with Crippen LogP contribution in [-0.2, 0) is 0 Å². The molecule has 0 spiro atoms. The predicted octanol–water partition coefficient (Wildman–Crippen LogP) is 6.17. The van der Waals surface area contributed by atoms with Crippen LogP contribution < -0.4 is 10.1 Å². The second kappa shape index (κ2) is 7.64. The van der Waals surface area contributed by atoms with Crippen LogP contribution in [0.3, 0.4) is 0 Å². The maximum Gasteiger partial charge on any atom is 0.257 e. The van der Waals surface area contributed by atoms with Gasteiger partial charge in [-0.15, -0.1) is 22.7 Å². The summed E-state index contributed by atoms with van der Waals surface area (Å²) in [5.74, 6) is 0.498. The fraction of sp³-hybridized carbons (Fsp3) is 0.100. The quantitative estimate of drug-likeness (QED) is 0.426. The molecule has 136 valence electrons. The van der Waals surface area contributed by atoms with Gasteiger partial charge in [0.2, 0.25) is 0 Å². The molecule has 0 atom stereocenters. The van der Waals surface area contributed by atoms with E-state index in [0.717, 1.165) is 25.9 Å². The van der Waals surface area contributed by atoms with Gasteiger partial charge in [-0.05, 0) is 47.5 Å². The number of rotatable bonds is 5. The number of anilines is 1. The lowest BCUT2D eigenvalue weighted by Crippen LogP contribution is -2.11. The van der Waals surface area contributed by atoms with Gasteiger partial charge in [0.1, 0.15) is 11.4 Å². The van der Waals surface area contributed by atoms with Crippen molar-refractivity contribution in [3.63, 3.8) is 0 Å². The van der Waals surface area contributed by atoms with Crippen LogP contribution in [0.25, 0.3) is 20.3 Å². The maximum absolute atomic E-state index is 12.7. The van der Waals surface area contributed by atoms with Crippen LogP contribution in [0, 0.1) is 6.92 Å². The first-order chi connectivity index (χ1) is 13.2. The van der Waals surface area contributed by atoms with Crippen molar-refractivity contribution in [3.8, 4) is 26.1 Å². The smallest absolute Gasteiger partial charge is 0.257 e. The summed E-state index contributed by atoms with van der Waals surface area (Å²) in [6, 6.07) is 13.6. The summed E-state index contributed by atoms with van der Waals surface area (Å²) in [5.41, 5.74) is 2.44. The maximum atomic E-state index is 12.7. The van der Waals surface area contributed by atoms with E-state index in [0.29, 0.717) is 16.4 Å². The van der Waals surface area contributed by atoms with Gasteiger partial charge in [-0.25, -0.2) is 4.98 Å². The Hall–Kier alpha value is -2.48. The van der Waals surface area contributed by atoms with Crippen molar-refractivity contribution in [1.29, 1.82) is 0 Å². The minimum Gasteiger partial charge on any atom is -0.496 e. The number of nitrogens with one attached hydrogen (secondary N) is 1. The Morgan fingerprint density at radius 3 is 2.48 bits per heavy atom. The Balaban J connectivity index is 1.67. The number of hydrogen-bond donors (Lipinski definition) is 1. The number of carbonyl (C=O) groups is 1. The summed E-state index contributed by atoms with van der Waals surface area (Å²) in [6.07, 6.45) is 0. The van der Waals surface area contributed by atoms with E-state index < -0.39 is 0 Å². The van der Waals surface area contributed by atoms with E-state index in [9.17, 15) is 4.79 Å². The van der Waals surface area contributed by atoms with Gasteiger partial charge in [-0.2, -0.15) is 0 Å². The predicted molar refractivity (Wildman–Crippen MR) is 114 cm³/mol. The summed E-state index contributed by atoms with van der Waals surface area (Å²) in [4.78, 5) is 20.7. The van der Waals surface area contributed by atoms with E-state index in [1.54, 1.807) is 41.9 Å². The molecule has 27 heavy (non-hydrogen) atoms. The number of benzene rings is 1. The van der Waals surface area contributed by atoms with Gasteiger partial charge in [0.25, 0.3) is 5.91 Å². The van der Waals surface area contributed by atoms with E-state index >= 15 is 0 Å². The molecule has 0 saturated carbocycles. The van der Waals surface area contributed by atoms with Crippen molar-refractivity contribution in [1.82, 2.24) is 4.98 Å². The summed E-state index contributed by atoms with van der Waals surface area (Å²) in [7, 11) is 1.60. The van der Waals surface area contributed by atoms with Crippen molar-refractivity contribution in [2.75, 3.05) is 12.4 Å². The molecule has 1 aromatic carbocycles. The minimum absolute atomic E-state index is 0.197. The third-order valence-corrected chi connectivity index (χ3v) is 6.91. The van der Waals surface area contributed by atoms with Crippen LogP contribution in [0.2, 0.25) is 0 Å². The topological polar surface area (TPSA) is 51.2 Å². The molecule has 4 nitrogen and oxygen atoms in total. The van der Waals surface area contributed by atoms with Gasteiger partial charge in [-0.1, -0.05) is 29.5 Å². The number of methoxy groups -OCH3 is 1. The first-order valence-corrected chi connectivity index (χ1v) is 10.8. The van der Waals surface area contributed by atoms with Gasteiger partial charge < -0.3 is 4.74 Å². The molecule has 1 N–H and O–H groups in total. The monoisotopic (exact) mass is 412 g/mol. The van der Waals surface area contributed by atoms with E-state index in [2.05, 4.69) is 11.4 Å². The molecule has 0 saturated heterocycles. The molecule has 3 heterocycles. The standard InChI is InChI=1S/C20H16N2O2S3/c1-12-7-8-13(11-14(12)24-2)19(23)22-20-21-17(15-5-3-9-25-15)18(27-20)16-6-4-10-26-16/h3-11H,1-2H3,(H,21,22,23). The fourth-order valence-corrected chi connectivity index (χ4v) is 5.27. The van der Waals surface area contributed by atoms with E-state index in [1.165, 1.54) is 11.3 Å². The molecule has 0 bridgehead atoms. The number of aryl methyl sites for hydroxylation is 1. The first-order valence-electron chi connectivity index (χ1n) is 8.20. The average molecular weight is 413 g/mol. The Morgan fingerprint density at radius 1 is 1.07 bits per heavy atom. The van der Waals surface area contributed by atoms with Crippen molar-refractivity contribution in [2.24, 2.45) is 0 Å². The van der Waals surface area contributed by atoms with Crippen molar-refractivity contribution < 1.29 is 9.53 Å². The summed E-state index contributed by atoms with van der Waals surface area (Å²) in [6.45, 7) is 1.95. The molecule has 1 amide bonds. The Labute approximate surface area is 169 Å². The minimum atomic E-state index is -0.197. The molecule has 0 aliphatic rings. The molecular weight excluding hydrogens is 396 g/mol. The highest BCUT2D eigenvalue weighted by molar-refractivity contribution is 7.24. The molecule has 0 fully saturated rings. The molecule has 7 heteroatoms. The number of thiophene rings is 2. The highest BCUT2D eigenvalue weighted by Gasteiger charge is 2.18. The third kappa shape index (κ3) is 3.66. The summed E-state index contributed by atoms with van der Waals surface area (Å²) < 4.78 is 5.32. The highest BCUT2D eigenvalue weighted by atomic mass is 32.1. The number of carbonyl (C=O) groups excluding carboxylic acids is 1. The molecule has 3 aromatic heterocycles. The van der Waals surface area contributed by atoms with Gasteiger partial charge in [-0.3, -0.25) is 10.1 Å². The summed E-state index contributed by atoms with van der Waals surface area (Å²) >= 11 is 4.80. The van der Waals surface area contributed by atoms with Gasteiger partial charge in [0, 0.05) is 10.4 Å². The SMILES string of the molecule is COc1cc(C(=O)Nc2nc(-c3cccs3)c(-c3cccs3)s2)ccc1C. The Morgan fingerprint density at radius 2 is 1.81 bits per heavy atom. The van der Waals surface area contributed by atoms with Crippen LogP contribution in [0.15, 0.2) is 53.2 Å². The van der Waals surface area contributed by atoms with Crippen LogP contribution in [0.1, 0.15) is 15.9 Å². The number of thiazole rings is 1. The largest absolute Gasteiger partial charge is 0.496 e. The zero-order valence-corrected chi connectivity index (χ0v) is 17.1. The normalized spacial score (nSPS) is 10.7. The highest BCUT2D eigenvalue weighted by Crippen LogP contribution is 2.42. The fourth-order valence-electron chi connectivity index (χ4n) is 2.66. The van der Waals surface area contributed by atoms with Crippen LogP contribution in [0.5, 0.6) is 5.75 Å². The molecular formula is C20H16N2O2S3. The Bertz CT molecular complexity index is 1020. The number of aromatic nitrogens is 1. The van der Waals surface area contributed by atoms with E-state index in [1.807, 2.05) is 41.9 Å². The number of nitrogens with zero attached hydrogens (tertiary/aromatic N) is 1. The molecule has 4 aromatic rings. The van der Waals surface area contributed by atoms with Gasteiger partial charge in [0.05, 0.1) is 16.9 Å². The van der Waals surface area contributed by atoms with Gasteiger partial charge >= 0.3 is 0 Å². The average Bonchev–Trinajstić information content (AvgIpc) is 3.42. The number of ether oxygens (including phenoxy) is 1. The lowest BCUT2D eigenvalue weighted by molar-refractivity contribution is 0.102. The van der Waals surface area contributed by atoms with Crippen molar-refractivity contribution in [2.45, 2.75) is 6.92 Å². The molecule has 4 rings (SSSR count). The van der Waals surface area contributed by atoms with Crippen LogP contribution in [0.4, 0.5) is 5.13 Å². The molecule has 0 radical (unpaired) electrons. The van der Waals surface area contributed by atoms with Crippen molar-refractivity contribution in [3.05, 3.63) is 64.4 Å². The van der Waals surface area contributed by atoms with Crippen molar-refractivity contribution >= 4 is 45.0 Å².